The van der Waals surface area contributed by atoms with Crippen LogP contribution in [0.4, 0.5) is 0 Å². The maximum absolute atomic E-state index is 11.5. The summed E-state index contributed by atoms with van der Waals surface area (Å²) in [4.78, 5) is 21.9. The van der Waals surface area contributed by atoms with E-state index in [0.717, 1.165) is 42.4 Å². The largest absolute Gasteiger partial charge is 0.481 e. The van der Waals surface area contributed by atoms with E-state index < -0.39 is 5.97 Å². The van der Waals surface area contributed by atoms with Gasteiger partial charge in [0.05, 0.1) is 12.1 Å². The number of nitriles is 2. The lowest BCUT2D eigenvalue weighted by atomic mass is 9.96. The third-order valence-electron chi connectivity index (χ3n) is 4.78. The molecule has 0 radical (unpaired) electrons. The van der Waals surface area contributed by atoms with Crippen LogP contribution in [0.3, 0.4) is 0 Å². The number of rotatable bonds is 6. The van der Waals surface area contributed by atoms with Crippen LogP contribution < -0.4 is 0 Å². The van der Waals surface area contributed by atoms with E-state index >= 15 is 0 Å². The second kappa shape index (κ2) is 13.7. The van der Waals surface area contributed by atoms with Gasteiger partial charge in [0.15, 0.2) is 5.78 Å². The first-order valence-electron chi connectivity index (χ1n) is 10.2. The fourth-order valence-corrected chi connectivity index (χ4v) is 3.18. The van der Waals surface area contributed by atoms with Crippen LogP contribution >= 0.6 is 0 Å². The van der Waals surface area contributed by atoms with Crippen LogP contribution in [0.15, 0.2) is 48.1 Å². The van der Waals surface area contributed by atoms with Gasteiger partial charge in [-0.3, -0.25) is 9.59 Å². The Balaban J connectivity index is 0.000000253. The average Bonchev–Trinajstić information content (AvgIpc) is 3.13. The average molecular weight is 405 g/mol. The van der Waals surface area contributed by atoms with Gasteiger partial charge in [-0.2, -0.15) is 10.5 Å². The molecule has 1 N–H and O–H groups in total. The molecule has 0 aromatic heterocycles. The molecule has 0 amide bonds. The number of carbonyl (C=O) groups excluding carboxylic acids is 1. The zero-order chi connectivity index (χ0) is 22.4. The first kappa shape index (κ1) is 24.6. The lowest BCUT2D eigenvalue weighted by Crippen LogP contribution is -2.06. The summed E-state index contributed by atoms with van der Waals surface area (Å²) >= 11 is 0. The van der Waals surface area contributed by atoms with Crippen LogP contribution in [-0.2, 0) is 9.59 Å². The van der Waals surface area contributed by atoms with Gasteiger partial charge >= 0.3 is 5.97 Å². The minimum absolute atomic E-state index is 0. The van der Waals surface area contributed by atoms with Crippen LogP contribution in [-0.4, -0.2) is 16.9 Å². The van der Waals surface area contributed by atoms with Crippen LogP contribution in [0.5, 0.6) is 0 Å². The van der Waals surface area contributed by atoms with Gasteiger partial charge in [0.2, 0.25) is 0 Å². The highest BCUT2D eigenvalue weighted by Gasteiger charge is 2.23. The highest BCUT2D eigenvalue weighted by atomic mass is 16.4. The molecular formula is C25H28N2O3. The molecule has 0 heterocycles. The van der Waals surface area contributed by atoms with Gasteiger partial charge in [0.1, 0.15) is 6.42 Å². The molecule has 0 saturated carbocycles. The lowest BCUT2D eigenvalue weighted by molar-refractivity contribution is -0.138. The molecule has 3 rings (SSSR count). The molecule has 0 saturated heterocycles. The number of ketones is 1. The van der Waals surface area contributed by atoms with Gasteiger partial charge in [0.25, 0.3) is 0 Å². The van der Waals surface area contributed by atoms with Gasteiger partial charge in [-0.1, -0.05) is 69.5 Å². The van der Waals surface area contributed by atoms with Crippen molar-refractivity contribution < 1.29 is 14.7 Å². The number of fused-ring (bicyclic) bond motifs is 3. The second-order valence-electron chi connectivity index (χ2n) is 6.96. The molecule has 1 aromatic carbocycles. The zero-order valence-corrected chi connectivity index (χ0v) is 17.6. The molecule has 0 spiro atoms. The number of carboxylic acids is 1. The van der Waals surface area contributed by atoms with Gasteiger partial charge in [-0.15, -0.1) is 0 Å². The van der Waals surface area contributed by atoms with Crippen molar-refractivity contribution in [1.29, 1.82) is 10.5 Å². The first-order chi connectivity index (χ1) is 14.5. The Hall–Kier alpha value is -3.44. The molecule has 0 bridgehead atoms. The normalized spacial score (nSPS) is 13.5. The molecule has 1 aromatic rings. The fourth-order valence-electron chi connectivity index (χ4n) is 3.18. The van der Waals surface area contributed by atoms with E-state index in [2.05, 4.69) is 19.9 Å². The van der Waals surface area contributed by atoms with E-state index in [0.29, 0.717) is 12.3 Å². The summed E-state index contributed by atoms with van der Waals surface area (Å²) < 4.78 is 0. The van der Waals surface area contributed by atoms with Crippen LogP contribution in [0, 0.1) is 28.6 Å². The number of carboxylic acid groups (broad SMARTS) is 1. The van der Waals surface area contributed by atoms with Crippen molar-refractivity contribution in [3.05, 3.63) is 59.2 Å². The molecule has 1 unspecified atom stereocenters. The van der Waals surface area contributed by atoms with Gasteiger partial charge in [-0.05, 0) is 41.2 Å². The third-order valence-corrected chi connectivity index (χ3v) is 4.78. The van der Waals surface area contributed by atoms with E-state index in [1.54, 1.807) is 18.2 Å². The van der Waals surface area contributed by atoms with Crippen molar-refractivity contribution in [2.75, 3.05) is 0 Å². The highest BCUT2D eigenvalue weighted by molar-refractivity contribution is 6.23. The summed E-state index contributed by atoms with van der Waals surface area (Å²) in [5.74, 6) is -0.154. The Kier molecular flexibility index (Phi) is 11.2. The van der Waals surface area contributed by atoms with Crippen molar-refractivity contribution >= 4 is 23.4 Å². The number of unbranched alkanes of at least 4 members (excludes halogenated alkanes) is 1. The maximum Gasteiger partial charge on any atom is 0.303 e. The molecule has 156 valence electrons. The Labute approximate surface area is 178 Å². The Bertz CT molecular complexity index is 899. The number of carbonyl (C=O) groups is 2. The van der Waals surface area contributed by atoms with Crippen molar-refractivity contribution in [3.8, 4) is 12.1 Å². The van der Waals surface area contributed by atoms with Gasteiger partial charge in [-0.25, -0.2) is 0 Å². The summed E-state index contributed by atoms with van der Waals surface area (Å²) in [6.45, 7) is 4.19. The van der Waals surface area contributed by atoms with E-state index in [4.69, 9.17) is 15.6 Å². The molecule has 2 aliphatic rings. The van der Waals surface area contributed by atoms with Crippen molar-refractivity contribution in [3.63, 3.8) is 0 Å². The summed E-state index contributed by atoms with van der Waals surface area (Å²) in [7, 11) is 0. The van der Waals surface area contributed by atoms with Crippen LogP contribution in [0.25, 0.3) is 11.6 Å². The van der Waals surface area contributed by atoms with E-state index in [9.17, 15) is 9.59 Å². The predicted molar refractivity (Wildman–Crippen MR) is 118 cm³/mol. The number of nitrogens with zero attached hydrogens (tertiary/aromatic N) is 2. The monoisotopic (exact) mass is 404 g/mol. The quantitative estimate of drug-likeness (QED) is 0.654. The van der Waals surface area contributed by atoms with E-state index in [1.807, 2.05) is 36.4 Å². The molecule has 5 heteroatoms. The molecular weight excluding hydrogens is 376 g/mol. The minimum atomic E-state index is -0.659. The summed E-state index contributed by atoms with van der Waals surface area (Å²) in [5.41, 5.74) is 4.20. The third kappa shape index (κ3) is 7.89. The number of allylic oxidation sites excluding steroid dienone is 5. The van der Waals surface area contributed by atoms with Crippen LogP contribution in [0.2, 0.25) is 0 Å². The zero-order valence-electron chi connectivity index (χ0n) is 17.6. The molecule has 1 atom stereocenters. The predicted octanol–water partition coefficient (Wildman–Crippen LogP) is 5.71. The lowest BCUT2D eigenvalue weighted by Gasteiger charge is -2.10. The second-order valence-corrected chi connectivity index (χ2v) is 6.96. The maximum atomic E-state index is 11.5. The molecule has 30 heavy (non-hydrogen) atoms. The Morgan fingerprint density at radius 2 is 1.83 bits per heavy atom. The smallest absolute Gasteiger partial charge is 0.303 e. The van der Waals surface area contributed by atoms with E-state index in [1.165, 1.54) is 5.56 Å². The highest BCUT2D eigenvalue weighted by Crippen LogP contribution is 2.37. The van der Waals surface area contributed by atoms with Gasteiger partial charge < -0.3 is 5.11 Å². The van der Waals surface area contributed by atoms with E-state index in [-0.39, 0.29) is 12.2 Å². The van der Waals surface area contributed by atoms with Crippen molar-refractivity contribution in [2.45, 2.75) is 52.4 Å². The number of hydrogen-bond acceptors (Lipinski definition) is 4. The summed E-state index contributed by atoms with van der Waals surface area (Å²) in [6, 6.07) is 11.4. The number of aliphatic carboxylic acids is 1. The Morgan fingerprint density at radius 1 is 1.13 bits per heavy atom. The van der Waals surface area contributed by atoms with Crippen molar-refractivity contribution in [1.82, 2.24) is 0 Å². The van der Waals surface area contributed by atoms with Crippen LogP contribution in [0.1, 0.15) is 63.5 Å². The summed E-state index contributed by atoms with van der Waals surface area (Å²) in [5, 5.41) is 23.7. The number of benzene rings is 1. The molecule has 0 aliphatic heterocycles. The number of hydrogen-bond donors (Lipinski definition) is 1. The SMILES string of the molecule is CCCCC(CC)CC(=O)O.N#CCC#N.O=C1C=CC=C2C1=Cc1ccccc12. The summed E-state index contributed by atoms with van der Waals surface area (Å²) in [6.07, 6.45) is 12.1. The topological polar surface area (TPSA) is 102 Å². The fraction of sp³-hybridized carbons (Fsp3) is 0.360. The minimum Gasteiger partial charge on any atom is -0.481 e. The standard InChI is InChI=1S/C13H8O.C9H18O2.C3H2N2/c14-13-7-3-6-11-10-5-2-1-4-9(10)8-12(11)13;1-3-5-6-8(4-2)7-9(10)11;4-2-1-3-5/h1-8H;8H,3-7H2,1-2H3,(H,10,11);1H2. The molecule has 0 fully saturated rings. The Morgan fingerprint density at radius 3 is 2.40 bits per heavy atom. The molecule has 5 nitrogen and oxygen atoms in total. The first-order valence-corrected chi connectivity index (χ1v) is 10.2. The van der Waals surface area contributed by atoms with Crippen molar-refractivity contribution in [2.24, 2.45) is 5.92 Å². The molecule has 2 aliphatic carbocycles. The van der Waals surface area contributed by atoms with Gasteiger partial charge in [0, 0.05) is 12.0 Å².